The molecular weight excluding hydrogens is 244 g/mol. The van der Waals surface area contributed by atoms with Crippen LogP contribution in [-0.2, 0) is 0 Å². The minimum atomic E-state index is 0.0391. The van der Waals surface area contributed by atoms with E-state index in [9.17, 15) is 4.79 Å². The summed E-state index contributed by atoms with van der Waals surface area (Å²) in [6.07, 6.45) is 0. The lowest BCUT2D eigenvalue weighted by molar-refractivity contribution is 0.0311. The summed E-state index contributed by atoms with van der Waals surface area (Å²) < 4.78 is 0. The number of amides is 1. The molecule has 0 saturated carbocycles. The van der Waals surface area contributed by atoms with Gasteiger partial charge in [0, 0.05) is 35.6 Å². The number of thiol groups is 1. The highest BCUT2D eigenvalue weighted by molar-refractivity contribution is 7.80. The van der Waals surface area contributed by atoms with Crippen LogP contribution in [0.25, 0.3) is 0 Å². The van der Waals surface area contributed by atoms with Crippen LogP contribution in [-0.4, -0.2) is 47.9 Å². The molecule has 2 rings (SSSR count). The second-order valence-electron chi connectivity index (χ2n) is 5.51. The summed E-state index contributed by atoms with van der Waals surface area (Å²) in [4.78, 5) is 17.5. The second-order valence-corrected chi connectivity index (χ2v) is 6.02. The van der Waals surface area contributed by atoms with Crippen molar-refractivity contribution < 1.29 is 4.79 Å². The van der Waals surface area contributed by atoms with Gasteiger partial charge in [-0.05, 0) is 45.2 Å². The molecule has 1 aromatic carbocycles. The van der Waals surface area contributed by atoms with Gasteiger partial charge in [-0.25, -0.2) is 0 Å². The van der Waals surface area contributed by atoms with E-state index in [0.29, 0.717) is 0 Å². The smallest absolute Gasteiger partial charge is 0.253 e. The summed E-state index contributed by atoms with van der Waals surface area (Å²) in [5.74, 6) is 0.115. The molecule has 0 aliphatic carbocycles. The number of hydrogen-bond acceptors (Lipinski definition) is 3. The molecule has 18 heavy (non-hydrogen) atoms. The summed E-state index contributed by atoms with van der Waals surface area (Å²) in [6.45, 7) is 6.82. The summed E-state index contributed by atoms with van der Waals surface area (Å²) in [5, 5.41) is 0. The topological polar surface area (TPSA) is 23.6 Å². The average Bonchev–Trinajstić information content (AvgIpc) is 2.33. The maximum Gasteiger partial charge on any atom is 0.253 e. The molecule has 1 aliphatic rings. The highest BCUT2D eigenvalue weighted by Gasteiger charge is 2.33. The Balaban J connectivity index is 2.13. The average molecular weight is 264 g/mol. The summed E-state index contributed by atoms with van der Waals surface area (Å²) in [6, 6.07) is 7.40. The van der Waals surface area contributed by atoms with Crippen LogP contribution in [0.5, 0.6) is 0 Å². The van der Waals surface area contributed by atoms with E-state index in [1.165, 1.54) is 0 Å². The van der Waals surface area contributed by atoms with Gasteiger partial charge in [0.25, 0.3) is 5.91 Å². The van der Waals surface area contributed by atoms with Crippen molar-refractivity contribution in [2.75, 3.05) is 26.7 Å². The van der Waals surface area contributed by atoms with Gasteiger partial charge in [-0.3, -0.25) is 9.69 Å². The Bertz CT molecular complexity index is 442. The van der Waals surface area contributed by atoms with E-state index < -0.39 is 0 Å². The number of rotatable bonds is 1. The van der Waals surface area contributed by atoms with E-state index in [1.807, 2.05) is 29.2 Å². The zero-order chi connectivity index (χ0) is 13.3. The molecule has 1 heterocycles. The van der Waals surface area contributed by atoms with E-state index in [4.69, 9.17) is 0 Å². The lowest BCUT2D eigenvalue weighted by Gasteiger charge is -2.45. The van der Waals surface area contributed by atoms with E-state index in [0.717, 1.165) is 30.1 Å². The number of benzene rings is 1. The Morgan fingerprint density at radius 3 is 2.39 bits per heavy atom. The van der Waals surface area contributed by atoms with Gasteiger partial charge in [0.15, 0.2) is 0 Å². The molecule has 1 amide bonds. The summed E-state index contributed by atoms with van der Waals surface area (Å²) in [7, 11) is 2.11. The zero-order valence-electron chi connectivity index (χ0n) is 11.2. The Morgan fingerprint density at radius 1 is 1.22 bits per heavy atom. The first-order valence-corrected chi connectivity index (χ1v) is 6.64. The van der Waals surface area contributed by atoms with Crippen LogP contribution in [0.1, 0.15) is 24.2 Å². The summed E-state index contributed by atoms with van der Waals surface area (Å²) in [5.41, 5.74) is 0.783. The molecule has 1 aliphatic heterocycles. The van der Waals surface area contributed by atoms with Gasteiger partial charge in [0.2, 0.25) is 0 Å². The van der Waals surface area contributed by atoms with Crippen molar-refractivity contribution in [3.63, 3.8) is 0 Å². The van der Waals surface area contributed by atoms with Crippen molar-refractivity contribution in [3.8, 4) is 0 Å². The third kappa shape index (κ3) is 2.70. The van der Waals surface area contributed by atoms with E-state index in [-0.39, 0.29) is 11.4 Å². The third-order valence-corrected chi connectivity index (χ3v) is 4.02. The van der Waals surface area contributed by atoms with Crippen molar-refractivity contribution in [1.82, 2.24) is 9.80 Å². The Kier molecular flexibility index (Phi) is 3.69. The molecule has 1 saturated heterocycles. The van der Waals surface area contributed by atoms with Crippen LogP contribution in [0, 0.1) is 0 Å². The maximum absolute atomic E-state index is 12.4. The lowest BCUT2D eigenvalue weighted by atomic mass is 9.99. The van der Waals surface area contributed by atoms with Crippen molar-refractivity contribution in [2.45, 2.75) is 24.3 Å². The fraction of sp³-hybridized carbons (Fsp3) is 0.500. The molecule has 0 aromatic heterocycles. The number of hydrogen-bond donors (Lipinski definition) is 1. The van der Waals surface area contributed by atoms with E-state index in [2.05, 4.69) is 38.4 Å². The van der Waals surface area contributed by atoms with Crippen molar-refractivity contribution in [1.29, 1.82) is 0 Å². The van der Waals surface area contributed by atoms with E-state index in [1.54, 1.807) is 0 Å². The molecule has 98 valence electrons. The van der Waals surface area contributed by atoms with Gasteiger partial charge < -0.3 is 4.90 Å². The fourth-order valence-electron chi connectivity index (χ4n) is 2.20. The van der Waals surface area contributed by atoms with Gasteiger partial charge >= 0.3 is 0 Å². The SMILES string of the molecule is CN1CCN(C(=O)c2ccc(S)cc2)CC1(C)C. The Morgan fingerprint density at radius 2 is 1.83 bits per heavy atom. The van der Waals surface area contributed by atoms with Gasteiger partial charge in [-0.15, -0.1) is 12.6 Å². The van der Waals surface area contributed by atoms with Crippen LogP contribution in [0.4, 0.5) is 0 Å². The molecular formula is C14H20N2OS. The highest BCUT2D eigenvalue weighted by atomic mass is 32.1. The molecule has 3 nitrogen and oxygen atoms in total. The predicted molar refractivity (Wildman–Crippen MR) is 76.3 cm³/mol. The monoisotopic (exact) mass is 264 g/mol. The normalized spacial score (nSPS) is 19.9. The quantitative estimate of drug-likeness (QED) is 0.786. The van der Waals surface area contributed by atoms with Crippen LogP contribution in [0.3, 0.4) is 0 Å². The molecule has 0 N–H and O–H groups in total. The molecule has 1 aromatic rings. The molecule has 0 radical (unpaired) electrons. The Labute approximate surface area is 114 Å². The van der Waals surface area contributed by atoms with Gasteiger partial charge in [0.1, 0.15) is 0 Å². The number of likely N-dealkylation sites (N-methyl/N-ethyl adjacent to an activating group) is 1. The largest absolute Gasteiger partial charge is 0.336 e. The molecule has 0 unspecified atom stereocenters. The van der Waals surface area contributed by atoms with Crippen molar-refractivity contribution >= 4 is 18.5 Å². The van der Waals surface area contributed by atoms with Crippen LogP contribution in [0.15, 0.2) is 29.2 Å². The first kappa shape index (κ1) is 13.4. The number of piperazine rings is 1. The van der Waals surface area contributed by atoms with Gasteiger partial charge in [-0.2, -0.15) is 0 Å². The maximum atomic E-state index is 12.4. The Hall–Kier alpha value is -1.00. The molecule has 4 heteroatoms. The number of carbonyl (C=O) groups excluding carboxylic acids is 1. The van der Waals surface area contributed by atoms with Gasteiger partial charge in [-0.1, -0.05) is 0 Å². The van der Waals surface area contributed by atoms with Crippen LogP contribution in [0.2, 0.25) is 0 Å². The lowest BCUT2D eigenvalue weighted by Crippen LogP contribution is -2.58. The van der Waals surface area contributed by atoms with Crippen LogP contribution >= 0.6 is 12.6 Å². The van der Waals surface area contributed by atoms with Gasteiger partial charge in [0.05, 0.1) is 0 Å². The molecule has 0 spiro atoms. The van der Waals surface area contributed by atoms with Crippen molar-refractivity contribution in [2.24, 2.45) is 0 Å². The first-order chi connectivity index (χ1) is 8.40. The van der Waals surface area contributed by atoms with Crippen molar-refractivity contribution in [3.05, 3.63) is 29.8 Å². The second kappa shape index (κ2) is 4.94. The minimum Gasteiger partial charge on any atom is -0.336 e. The summed E-state index contributed by atoms with van der Waals surface area (Å²) >= 11 is 4.23. The standard InChI is InChI=1S/C14H20N2OS/c1-14(2)10-16(9-8-15(14)3)13(17)11-4-6-12(18)7-5-11/h4-7,18H,8-10H2,1-3H3. The molecule has 0 bridgehead atoms. The minimum absolute atomic E-state index is 0.0391. The third-order valence-electron chi connectivity index (χ3n) is 3.72. The number of carbonyl (C=O) groups is 1. The molecule has 0 atom stereocenters. The zero-order valence-corrected chi connectivity index (χ0v) is 12.1. The fourth-order valence-corrected chi connectivity index (χ4v) is 2.35. The first-order valence-electron chi connectivity index (χ1n) is 6.20. The number of nitrogens with zero attached hydrogens (tertiary/aromatic N) is 2. The molecule has 1 fully saturated rings. The predicted octanol–water partition coefficient (Wildman–Crippen LogP) is 2.14. The van der Waals surface area contributed by atoms with E-state index >= 15 is 0 Å². The highest BCUT2D eigenvalue weighted by Crippen LogP contribution is 2.20. The van der Waals surface area contributed by atoms with Crippen LogP contribution < -0.4 is 0 Å².